The average Bonchev–Trinajstić information content (AvgIpc) is 2.27. The third-order valence-corrected chi connectivity index (χ3v) is 2.36. The van der Waals surface area contributed by atoms with Gasteiger partial charge in [-0.05, 0) is 30.3 Å². The van der Waals surface area contributed by atoms with Gasteiger partial charge in [-0.15, -0.1) is 0 Å². The molecule has 0 saturated carbocycles. The minimum atomic E-state index is -0.494. The second kappa shape index (κ2) is 4.91. The van der Waals surface area contributed by atoms with Crippen molar-refractivity contribution in [1.29, 1.82) is 0 Å². The quantitative estimate of drug-likeness (QED) is 0.822. The number of rotatable bonds is 3. The Bertz CT molecular complexity index is 553. The van der Waals surface area contributed by atoms with Crippen molar-refractivity contribution in [3.05, 3.63) is 48.0 Å². The molecule has 0 atom stereocenters. The van der Waals surface area contributed by atoms with E-state index in [2.05, 4.69) is 5.32 Å². The zero-order valence-corrected chi connectivity index (χ0v) is 9.71. The molecule has 0 aliphatic rings. The number of halogens is 2. The summed E-state index contributed by atoms with van der Waals surface area (Å²) >= 11 is 0. The third-order valence-electron chi connectivity index (χ3n) is 2.36. The molecule has 0 bridgehead atoms. The van der Waals surface area contributed by atoms with E-state index in [1.807, 2.05) is 0 Å². The van der Waals surface area contributed by atoms with Crippen molar-refractivity contribution in [2.75, 3.05) is 18.2 Å². The van der Waals surface area contributed by atoms with Crippen LogP contribution in [-0.2, 0) is 0 Å². The zero-order valence-electron chi connectivity index (χ0n) is 9.71. The average molecular weight is 250 g/mol. The molecule has 3 nitrogen and oxygen atoms in total. The summed E-state index contributed by atoms with van der Waals surface area (Å²) in [5.41, 5.74) is 6.75. The highest BCUT2D eigenvalue weighted by atomic mass is 19.1. The van der Waals surface area contributed by atoms with Gasteiger partial charge in [-0.3, -0.25) is 0 Å². The van der Waals surface area contributed by atoms with Crippen molar-refractivity contribution in [2.45, 2.75) is 0 Å². The van der Waals surface area contributed by atoms with Gasteiger partial charge in [-0.1, -0.05) is 0 Å². The Morgan fingerprint density at radius 2 is 1.83 bits per heavy atom. The minimum Gasteiger partial charge on any atom is -0.494 e. The first-order valence-corrected chi connectivity index (χ1v) is 5.25. The Hall–Kier alpha value is -2.30. The largest absolute Gasteiger partial charge is 0.494 e. The lowest BCUT2D eigenvalue weighted by Gasteiger charge is -2.09. The van der Waals surface area contributed by atoms with Crippen LogP contribution in [0, 0.1) is 11.6 Å². The molecule has 0 aliphatic heterocycles. The summed E-state index contributed by atoms with van der Waals surface area (Å²) in [5.74, 6) is -0.794. The number of hydrogen-bond acceptors (Lipinski definition) is 3. The molecule has 2 aromatic rings. The van der Waals surface area contributed by atoms with Crippen molar-refractivity contribution >= 4 is 17.1 Å². The topological polar surface area (TPSA) is 47.3 Å². The van der Waals surface area contributed by atoms with Gasteiger partial charge in [0.25, 0.3) is 0 Å². The summed E-state index contributed by atoms with van der Waals surface area (Å²) in [6.45, 7) is 0. The van der Waals surface area contributed by atoms with Gasteiger partial charge < -0.3 is 15.8 Å². The minimum absolute atomic E-state index is 0.152. The molecule has 18 heavy (non-hydrogen) atoms. The van der Waals surface area contributed by atoms with Crippen LogP contribution in [0.15, 0.2) is 36.4 Å². The van der Waals surface area contributed by atoms with Crippen molar-refractivity contribution in [3.63, 3.8) is 0 Å². The van der Waals surface area contributed by atoms with E-state index in [4.69, 9.17) is 10.5 Å². The van der Waals surface area contributed by atoms with Gasteiger partial charge in [-0.2, -0.15) is 0 Å². The number of nitrogens with one attached hydrogen (secondary N) is 1. The second-order valence-corrected chi connectivity index (χ2v) is 3.75. The Labute approximate surface area is 103 Å². The molecule has 2 rings (SSSR count). The van der Waals surface area contributed by atoms with Crippen LogP contribution in [0.4, 0.5) is 25.8 Å². The lowest BCUT2D eigenvalue weighted by molar-refractivity contribution is 0.386. The number of anilines is 3. The fourth-order valence-electron chi connectivity index (χ4n) is 1.60. The Morgan fingerprint density at radius 1 is 1.06 bits per heavy atom. The van der Waals surface area contributed by atoms with Crippen LogP contribution in [-0.4, -0.2) is 7.11 Å². The highest BCUT2D eigenvalue weighted by molar-refractivity contribution is 5.64. The normalized spacial score (nSPS) is 10.2. The fraction of sp³-hybridized carbons (Fsp3) is 0.0769. The van der Waals surface area contributed by atoms with Crippen LogP contribution in [0.3, 0.4) is 0 Å². The fourth-order valence-corrected chi connectivity index (χ4v) is 1.60. The van der Waals surface area contributed by atoms with Crippen LogP contribution >= 0.6 is 0 Å². The standard InChI is InChI=1S/C13H12F2N2O/c1-18-13-3-2-10(7-12(13)15)17-11-5-8(14)4-9(16)6-11/h2-7,17H,16H2,1H3. The third kappa shape index (κ3) is 2.68. The molecular formula is C13H12F2N2O. The molecule has 5 heteroatoms. The Kier molecular flexibility index (Phi) is 3.32. The Balaban J connectivity index is 2.25. The maximum Gasteiger partial charge on any atom is 0.167 e. The smallest absolute Gasteiger partial charge is 0.167 e. The van der Waals surface area contributed by atoms with Crippen LogP contribution in [0.2, 0.25) is 0 Å². The summed E-state index contributed by atoms with van der Waals surface area (Å²) < 4.78 is 31.4. The van der Waals surface area contributed by atoms with E-state index in [9.17, 15) is 8.78 Å². The van der Waals surface area contributed by atoms with Crippen LogP contribution < -0.4 is 15.8 Å². The van der Waals surface area contributed by atoms with E-state index in [1.54, 1.807) is 12.1 Å². The molecule has 94 valence electrons. The molecule has 3 N–H and O–H groups in total. The number of methoxy groups -OCH3 is 1. The van der Waals surface area contributed by atoms with E-state index >= 15 is 0 Å². The van der Waals surface area contributed by atoms with Gasteiger partial charge >= 0.3 is 0 Å². The summed E-state index contributed by atoms with van der Waals surface area (Å²) in [5, 5.41) is 2.86. The number of hydrogen-bond donors (Lipinski definition) is 2. The van der Waals surface area contributed by atoms with Gasteiger partial charge in [0.15, 0.2) is 11.6 Å². The Morgan fingerprint density at radius 3 is 2.44 bits per heavy atom. The van der Waals surface area contributed by atoms with Gasteiger partial charge in [0.05, 0.1) is 7.11 Å². The molecule has 0 heterocycles. The summed E-state index contributed by atoms with van der Waals surface area (Å²) in [7, 11) is 1.39. The van der Waals surface area contributed by atoms with Crippen molar-refractivity contribution in [1.82, 2.24) is 0 Å². The van der Waals surface area contributed by atoms with Crippen LogP contribution in [0.25, 0.3) is 0 Å². The van der Waals surface area contributed by atoms with Crippen molar-refractivity contribution < 1.29 is 13.5 Å². The van der Waals surface area contributed by atoms with Gasteiger partial charge in [0.1, 0.15) is 5.82 Å². The SMILES string of the molecule is COc1ccc(Nc2cc(N)cc(F)c2)cc1F. The number of nitrogen functional groups attached to an aromatic ring is 1. The van der Waals surface area contributed by atoms with E-state index in [1.165, 1.54) is 31.4 Å². The number of benzene rings is 2. The number of nitrogens with two attached hydrogens (primary N) is 1. The maximum atomic E-state index is 13.4. The lowest BCUT2D eigenvalue weighted by Crippen LogP contribution is -1.95. The predicted octanol–water partition coefficient (Wildman–Crippen LogP) is 3.30. The maximum absolute atomic E-state index is 13.4. The molecule has 0 amide bonds. The van der Waals surface area contributed by atoms with Gasteiger partial charge in [0, 0.05) is 23.1 Å². The molecule has 0 aliphatic carbocycles. The van der Waals surface area contributed by atoms with E-state index in [-0.39, 0.29) is 5.75 Å². The van der Waals surface area contributed by atoms with Gasteiger partial charge in [-0.25, -0.2) is 8.78 Å². The molecule has 0 spiro atoms. The molecular weight excluding hydrogens is 238 g/mol. The monoisotopic (exact) mass is 250 g/mol. The van der Waals surface area contributed by atoms with Crippen molar-refractivity contribution in [2.24, 2.45) is 0 Å². The van der Waals surface area contributed by atoms with Gasteiger partial charge in [0.2, 0.25) is 0 Å². The van der Waals surface area contributed by atoms with E-state index in [0.717, 1.165) is 0 Å². The molecule has 0 saturated heterocycles. The molecule has 0 unspecified atom stereocenters. The van der Waals surface area contributed by atoms with Crippen molar-refractivity contribution in [3.8, 4) is 5.75 Å². The molecule has 0 radical (unpaired) electrons. The second-order valence-electron chi connectivity index (χ2n) is 3.75. The molecule has 2 aromatic carbocycles. The summed E-state index contributed by atoms with van der Waals surface area (Å²) in [6, 6.07) is 8.42. The first kappa shape index (κ1) is 12.2. The zero-order chi connectivity index (χ0) is 13.1. The predicted molar refractivity (Wildman–Crippen MR) is 67.0 cm³/mol. The number of ether oxygens (including phenoxy) is 1. The first-order chi connectivity index (χ1) is 8.58. The molecule has 0 fully saturated rings. The lowest BCUT2D eigenvalue weighted by atomic mass is 10.2. The highest BCUT2D eigenvalue weighted by Gasteiger charge is 2.04. The highest BCUT2D eigenvalue weighted by Crippen LogP contribution is 2.24. The van der Waals surface area contributed by atoms with Crippen LogP contribution in [0.1, 0.15) is 0 Å². The summed E-state index contributed by atoms with van der Waals surface area (Å²) in [6.07, 6.45) is 0. The molecule has 0 aromatic heterocycles. The van der Waals surface area contributed by atoms with E-state index in [0.29, 0.717) is 17.1 Å². The summed E-state index contributed by atoms with van der Waals surface area (Å²) in [4.78, 5) is 0. The first-order valence-electron chi connectivity index (χ1n) is 5.25. The van der Waals surface area contributed by atoms with Crippen LogP contribution in [0.5, 0.6) is 5.75 Å². The van der Waals surface area contributed by atoms with E-state index < -0.39 is 11.6 Å².